The Balaban J connectivity index is 1.49. The highest BCUT2D eigenvalue weighted by molar-refractivity contribution is 5.68. The molecule has 0 bridgehead atoms. The SMILES string of the molecule is COc1ccc([C@H]2c3c(C)nn(-c4ccccc4)c3Oc3ncn4nc(-c5ccncc5)nc4c32)cc1. The topological polar surface area (TPSA) is 92.2 Å². The Labute approximate surface area is 212 Å². The Bertz CT molecular complexity index is 1740. The lowest BCUT2D eigenvalue weighted by Gasteiger charge is -2.26. The quantitative estimate of drug-likeness (QED) is 0.346. The van der Waals surface area contributed by atoms with Crippen molar-refractivity contribution >= 4 is 5.65 Å². The average Bonchev–Trinajstić information content (AvgIpc) is 3.54. The van der Waals surface area contributed by atoms with E-state index in [2.05, 4.69) is 22.1 Å². The Hall–Kier alpha value is -5.05. The molecule has 6 aromatic rings. The van der Waals surface area contributed by atoms with Gasteiger partial charge >= 0.3 is 0 Å². The zero-order valence-electron chi connectivity index (χ0n) is 20.1. The number of hydrogen-bond acceptors (Lipinski definition) is 7. The molecule has 0 N–H and O–H groups in total. The van der Waals surface area contributed by atoms with E-state index in [1.54, 1.807) is 30.3 Å². The van der Waals surface area contributed by atoms with E-state index in [9.17, 15) is 0 Å². The summed E-state index contributed by atoms with van der Waals surface area (Å²) in [5, 5.41) is 9.57. The van der Waals surface area contributed by atoms with Crippen LogP contribution >= 0.6 is 0 Å². The third-order valence-corrected chi connectivity index (χ3v) is 6.61. The summed E-state index contributed by atoms with van der Waals surface area (Å²) >= 11 is 0. The van der Waals surface area contributed by atoms with E-state index in [0.717, 1.165) is 39.4 Å². The summed E-state index contributed by atoms with van der Waals surface area (Å²) in [6, 6.07) is 21.8. The zero-order chi connectivity index (χ0) is 24.9. The molecule has 4 aromatic heterocycles. The van der Waals surface area contributed by atoms with Crippen LogP contribution < -0.4 is 9.47 Å². The molecule has 180 valence electrons. The summed E-state index contributed by atoms with van der Waals surface area (Å²) in [5.74, 6) is 2.27. The summed E-state index contributed by atoms with van der Waals surface area (Å²) in [5.41, 5.74) is 6.17. The highest BCUT2D eigenvalue weighted by Crippen LogP contribution is 2.49. The Morgan fingerprint density at radius 1 is 0.892 bits per heavy atom. The third kappa shape index (κ3) is 3.35. The van der Waals surface area contributed by atoms with Crippen LogP contribution in [0.15, 0.2) is 85.5 Å². The maximum absolute atomic E-state index is 6.48. The fourth-order valence-electron chi connectivity index (χ4n) is 4.88. The molecular formula is C28H21N7O2. The first-order valence-electron chi connectivity index (χ1n) is 11.8. The maximum atomic E-state index is 6.48. The van der Waals surface area contributed by atoms with Gasteiger partial charge in [-0.3, -0.25) is 4.98 Å². The summed E-state index contributed by atoms with van der Waals surface area (Å²) < 4.78 is 15.4. The van der Waals surface area contributed by atoms with Crippen molar-refractivity contribution in [1.29, 1.82) is 0 Å². The number of ether oxygens (including phenoxy) is 2. The van der Waals surface area contributed by atoms with Crippen molar-refractivity contribution in [1.82, 2.24) is 34.3 Å². The Kier molecular flexibility index (Phi) is 4.75. The maximum Gasteiger partial charge on any atom is 0.230 e. The minimum atomic E-state index is -0.229. The van der Waals surface area contributed by atoms with Crippen molar-refractivity contribution in [3.63, 3.8) is 0 Å². The molecule has 5 heterocycles. The van der Waals surface area contributed by atoms with Gasteiger partial charge in [-0.25, -0.2) is 19.2 Å². The van der Waals surface area contributed by atoms with Gasteiger partial charge in [0.2, 0.25) is 11.8 Å². The first-order chi connectivity index (χ1) is 18.2. The average molecular weight is 488 g/mol. The van der Waals surface area contributed by atoms with Crippen molar-refractivity contribution in [3.8, 4) is 34.6 Å². The molecule has 0 aliphatic carbocycles. The van der Waals surface area contributed by atoms with Crippen LogP contribution in [0.1, 0.15) is 28.3 Å². The highest BCUT2D eigenvalue weighted by Gasteiger charge is 2.38. The summed E-state index contributed by atoms with van der Waals surface area (Å²) in [6.45, 7) is 2.00. The molecule has 0 saturated heterocycles. The molecule has 1 aliphatic heterocycles. The van der Waals surface area contributed by atoms with Crippen LogP contribution in [0.25, 0.3) is 22.7 Å². The van der Waals surface area contributed by atoms with Crippen molar-refractivity contribution in [2.24, 2.45) is 0 Å². The minimum absolute atomic E-state index is 0.229. The van der Waals surface area contributed by atoms with Gasteiger partial charge in [0.1, 0.15) is 12.1 Å². The number of rotatable bonds is 4. The fraction of sp³-hybridized carbons (Fsp3) is 0.107. The number of aromatic nitrogens is 7. The number of para-hydroxylation sites is 1. The number of hydrogen-bond donors (Lipinski definition) is 0. The van der Waals surface area contributed by atoms with Gasteiger partial charge in [-0.2, -0.15) is 5.10 Å². The zero-order valence-corrected chi connectivity index (χ0v) is 20.1. The standard InChI is InChI=1S/C28H21N7O2/c1-17-22-23(18-8-10-21(36-2)11-9-18)24-26-31-25(19-12-14-29-15-13-19)33-34(26)16-30-27(24)37-28(22)35(32-17)20-6-4-3-5-7-20/h3-16,23H,1-2H3/t23-/m0/s1. The van der Waals surface area contributed by atoms with Crippen molar-refractivity contribution in [2.45, 2.75) is 12.8 Å². The molecule has 37 heavy (non-hydrogen) atoms. The van der Waals surface area contributed by atoms with Crippen LogP contribution in [-0.4, -0.2) is 41.5 Å². The van der Waals surface area contributed by atoms with Crippen LogP contribution in [0.5, 0.6) is 17.5 Å². The lowest BCUT2D eigenvalue weighted by Crippen LogP contribution is -2.16. The van der Waals surface area contributed by atoms with Crippen LogP contribution in [-0.2, 0) is 0 Å². The first-order valence-corrected chi connectivity index (χ1v) is 11.8. The van der Waals surface area contributed by atoms with E-state index in [-0.39, 0.29) is 5.92 Å². The Morgan fingerprint density at radius 2 is 1.68 bits per heavy atom. The molecule has 9 heteroatoms. The first kappa shape index (κ1) is 21.3. The van der Waals surface area contributed by atoms with Crippen LogP contribution in [0.3, 0.4) is 0 Å². The van der Waals surface area contributed by atoms with Gasteiger partial charge in [0.15, 0.2) is 11.5 Å². The highest BCUT2D eigenvalue weighted by atomic mass is 16.5. The van der Waals surface area contributed by atoms with Gasteiger partial charge in [-0.15, -0.1) is 5.10 Å². The van der Waals surface area contributed by atoms with Crippen molar-refractivity contribution in [2.75, 3.05) is 7.11 Å². The lowest BCUT2D eigenvalue weighted by atomic mass is 9.84. The molecule has 7 rings (SSSR count). The number of pyridine rings is 1. The molecule has 0 radical (unpaired) electrons. The van der Waals surface area contributed by atoms with E-state index in [1.165, 1.54) is 0 Å². The second-order valence-corrected chi connectivity index (χ2v) is 8.76. The molecule has 0 saturated carbocycles. The predicted molar refractivity (Wildman–Crippen MR) is 136 cm³/mol. The van der Waals surface area contributed by atoms with Gasteiger partial charge in [0.05, 0.1) is 35.5 Å². The predicted octanol–water partition coefficient (Wildman–Crippen LogP) is 4.97. The van der Waals surface area contributed by atoms with E-state index in [1.807, 2.05) is 66.2 Å². The smallest absolute Gasteiger partial charge is 0.230 e. The second kappa shape index (κ2) is 8.27. The largest absolute Gasteiger partial charge is 0.497 e. The molecular weight excluding hydrogens is 466 g/mol. The van der Waals surface area contributed by atoms with Gasteiger partial charge in [-0.1, -0.05) is 30.3 Å². The normalized spacial score (nSPS) is 14.2. The molecule has 0 amide bonds. The van der Waals surface area contributed by atoms with E-state index in [0.29, 0.717) is 23.2 Å². The number of aryl methyl sites for hydroxylation is 1. The van der Waals surface area contributed by atoms with Gasteiger partial charge in [0.25, 0.3) is 0 Å². The molecule has 9 nitrogen and oxygen atoms in total. The molecule has 0 spiro atoms. The minimum Gasteiger partial charge on any atom is -0.497 e. The summed E-state index contributed by atoms with van der Waals surface area (Å²) in [7, 11) is 1.66. The molecule has 0 fully saturated rings. The monoisotopic (exact) mass is 487 g/mol. The number of fused-ring (bicyclic) bond motifs is 4. The van der Waals surface area contributed by atoms with Crippen LogP contribution in [0, 0.1) is 6.92 Å². The Morgan fingerprint density at radius 3 is 2.43 bits per heavy atom. The van der Waals surface area contributed by atoms with Crippen LogP contribution in [0.4, 0.5) is 0 Å². The number of methoxy groups -OCH3 is 1. The third-order valence-electron chi connectivity index (χ3n) is 6.61. The fourth-order valence-corrected chi connectivity index (χ4v) is 4.88. The molecule has 2 aromatic carbocycles. The van der Waals surface area contributed by atoms with E-state index >= 15 is 0 Å². The van der Waals surface area contributed by atoms with Gasteiger partial charge in [0, 0.05) is 18.0 Å². The van der Waals surface area contributed by atoms with Gasteiger partial charge < -0.3 is 9.47 Å². The van der Waals surface area contributed by atoms with Crippen molar-refractivity contribution < 1.29 is 9.47 Å². The number of benzene rings is 2. The molecule has 0 unspecified atom stereocenters. The van der Waals surface area contributed by atoms with Gasteiger partial charge in [-0.05, 0) is 48.9 Å². The number of nitrogens with zero attached hydrogens (tertiary/aromatic N) is 7. The molecule has 1 aliphatic rings. The summed E-state index contributed by atoms with van der Waals surface area (Å²) in [6.07, 6.45) is 5.09. The van der Waals surface area contributed by atoms with E-state index in [4.69, 9.17) is 24.7 Å². The van der Waals surface area contributed by atoms with Crippen LogP contribution in [0.2, 0.25) is 0 Å². The lowest BCUT2D eigenvalue weighted by molar-refractivity contribution is 0.402. The second-order valence-electron chi connectivity index (χ2n) is 8.76. The van der Waals surface area contributed by atoms with Crippen molar-refractivity contribution in [3.05, 3.63) is 108 Å². The van der Waals surface area contributed by atoms with E-state index < -0.39 is 0 Å². The molecule has 1 atom stereocenters. The summed E-state index contributed by atoms with van der Waals surface area (Å²) in [4.78, 5) is 13.7.